The van der Waals surface area contributed by atoms with Crippen LogP contribution in [0.3, 0.4) is 0 Å². The Kier molecular flexibility index (Phi) is 5.14. The maximum atomic E-state index is 13.1. The summed E-state index contributed by atoms with van der Waals surface area (Å²) in [6, 6.07) is 10.8. The summed E-state index contributed by atoms with van der Waals surface area (Å²) in [5.74, 6) is 0.287. The summed E-state index contributed by atoms with van der Waals surface area (Å²) < 4.78 is 10.7. The van der Waals surface area contributed by atoms with Crippen molar-refractivity contribution in [1.29, 1.82) is 0 Å². The molecule has 0 spiro atoms. The summed E-state index contributed by atoms with van der Waals surface area (Å²) >= 11 is 1.09. The Morgan fingerprint density at radius 1 is 1.15 bits per heavy atom. The van der Waals surface area contributed by atoms with Crippen molar-refractivity contribution in [3.63, 3.8) is 0 Å². The van der Waals surface area contributed by atoms with Gasteiger partial charge < -0.3 is 9.15 Å². The van der Waals surface area contributed by atoms with Gasteiger partial charge in [0.2, 0.25) is 5.78 Å². The third-order valence-electron chi connectivity index (χ3n) is 3.59. The molecule has 0 saturated heterocycles. The van der Waals surface area contributed by atoms with E-state index in [1.54, 1.807) is 39.0 Å². The highest BCUT2D eigenvalue weighted by Gasteiger charge is 2.25. The normalized spacial score (nSPS) is 11.3. The second kappa shape index (κ2) is 7.36. The second-order valence-corrected chi connectivity index (χ2v) is 7.94. The van der Waals surface area contributed by atoms with Gasteiger partial charge in [-0.25, -0.2) is 9.78 Å². The first-order chi connectivity index (χ1) is 12.7. The number of nitrogens with zero attached hydrogens (tertiary/aromatic N) is 1. The standard InChI is InChI=1S/C20H20N2O4S/c1-12-8-5-6-9-13(12)16(23)17-15(14-10-7-11-25-14)21-18(27-17)22-19(24)26-20(2,3)4/h5-11H,1-4H3,(H,21,22,24). The number of benzene rings is 1. The lowest BCUT2D eigenvalue weighted by molar-refractivity contribution is 0.0635. The molecule has 0 unspecified atom stereocenters. The van der Waals surface area contributed by atoms with E-state index in [9.17, 15) is 9.59 Å². The number of ketones is 1. The minimum Gasteiger partial charge on any atom is -0.463 e. The molecule has 1 amide bonds. The van der Waals surface area contributed by atoms with Crippen molar-refractivity contribution in [3.05, 3.63) is 58.7 Å². The van der Waals surface area contributed by atoms with Crippen LogP contribution in [0.4, 0.5) is 9.93 Å². The molecule has 6 nitrogen and oxygen atoms in total. The van der Waals surface area contributed by atoms with Crippen LogP contribution >= 0.6 is 11.3 Å². The molecule has 0 radical (unpaired) electrons. The average Bonchev–Trinajstić information content (AvgIpc) is 3.22. The number of nitrogens with one attached hydrogen (secondary N) is 1. The fourth-order valence-electron chi connectivity index (χ4n) is 2.45. The summed E-state index contributed by atoms with van der Waals surface area (Å²) in [5, 5.41) is 2.87. The van der Waals surface area contributed by atoms with Crippen LogP contribution in [-0.2, 0) is 4.74 Å². The third-order valence-corrected chi connectivity index (χ3v) is 4.56. The van der Waals surface area contributed by atoms with Gasteiger partial charge in [-0.2, -0.15) is 0 Å². The molecule has 7 heteroatoms. The summed E-state index contributed by atoms with van der Waals surface area (Å²) in [6.07, 6.45) is 0.884. The number of furan rings is 1. The number of ether oxygens (including phenoxy) is 1. The molecular formula is C20H20N2O4S. The molecule has 140 valence electrons. The Balaban J connectivity index is 1.97. The number of rotatable bonds is 4. The zero-order valence-electron chi connectivity index (χ0n) is 15.5. The van der Waals surface area contributed by atoms with Crippen molar-refractivity contribution in [2.45, 2.75) is 33.3 Å². The van der Waals surface area contributed by atoms with Crippen molar-refractivity contribution in [2.24, 2.45) is 0 Å². The number of anilines is 1. The van der Waals surface area contributed by atoms with Crippen LogP contribution in [-0.4, -0.2) is 22.5 Å². The predicted octanol–water partition coefficient (Wildman–Crippen LogP) is 5.29. The molecule has 1 N–H and O–H groups in total. The summed E-state index contributed by atoms with van der Waals surface area (Å²) in [7, 11) is 0. The summed E-state index contributed by atoms with van der Waals surface area (Å²) in [6.45, 7) is 7.20. The molecule has 27 heavy (non-hydrogen) atoms. The third kappa shape index (κ3) is 4.43. The number of carbonyl (C=O) groups is 2. The highest BCUT2D eigenvalue weighted by molar-refractivity contribution is 7.18. The lowest BCUT2D eigenvalue weighted by Gasteiger charge is -2.18. The van der Waals surface area contributed by atoms with Crippen LogP contribution in [0.15, 0.2) is 47.1 Å². The maximum absolute atomic E-state index is 13.1. The number of hydrogen-bond acceptors (Lipinski definition) is 6. The van der Waals surface area contributed by atoms with Crippen molar-refractivity contribution in [1.82, 2.24) is 4.98 Å². The van der Waals surface area contributed by atoms with Gasteiger partial charge in [-0.1, -0.05) is 35.6 Å². The van der Waals surface area contributed by atoms with Crippen LogP contribution < -0.4 is 5.32 Å². The average molecular weight is 384 g/mol. The van der Waals surface area contributed by atoms with Crippen LogP contribution in [0.2, 0.25) is 0 Å². The van der Waals surface area contributed by atoms with E-state index >= 15 is 0 Å². The number of hydrogen-bond donors (Lipinski definition) is 1. The van der Waals surface area contributed by atoms with Crippen LogP contribution in [0, 0.1) is 6.92 Å². The first kappa shape index (κ1) is 18.8. The molecule has 0 saturated carbocycles. The first-order valence-electron chi connectivity index (χ1n) is 8.39. The van der Waals surface area contributed by atoms with E-state index < -0.39 is 11.7 Å². The molecule has 0 aliphatic carbocycles. The second-order valence-electron chi connectivity index (χ2n) is 6.94. The van der Waals surface area contributed by atoms with Crippen molar-refractivity contribution < 1.29 is 18.7 Å². The molecule has 0 atom stereocenters. The quantitative estimate of drug-likeness (QED) is 0.618. The number of amides is 1. The molecule has 0 aliphatic rings. The largest absolute Gasteiger partial charge is 0.463 e. The Bertz CT molecular complexity index is 968. The van der Waals surface area contributed by atoms with E-state index in [2.05, 4.69) is 10.3 Å². The zero-order valence-corrected chi connectivity index (χ0v) is 16.3. The van der Waals surface area contributed by atoms with E-state index in [0.717, 1.165) is 16.9 Å². The van der Waals surface area contributed by atoms with Crippen molar-refractivity contribution in [3.8, 4) is 11.5 Å². The van der Waals surface area contributed by atoms with Crippen LogP contribution in [0.5, 0.6) is 0 Å². The summed E-state index contributed by atoms with van der Waals surface area (Å²) in [4.78, 5) is 29.9. The molecular weight excluding hydrogens is 364 g/mol. The van der Waals surface area contributed by atoms with Gasteiger partial charge >= 0.3 is 6.09 Å². The molecule has 3 rings (SSSR count). The minimum absolute atomic E-state index is 0.172. The van der Waals surface area contributed by atoms with E-state index in [1.807, 2.05) is 25.1 Å². The lowest BCUT2D eigenvalue weighted by atomic mass is 10.0. The van der Waals surface area contributed by atoms with Gasteiger partial charge in [0.05, 0.1) is 6.26 Å². The Labute approximate surface area is 161 Å². The molecule has 0 bridgehead atoms. The van der Waals surface area contributed by atoms with Gasteiger partial charge in [0.25, 0.3) is 0 Å². The highest BCUT2D eigenvalue weighted by Crippen LogP contribution is 2.34. The smallest absolute Gasteiger partial charge is 0.413 e. The van der Waals surface area contributed by atoms with Gasteiger partial charge in [-0.15, -0.1) is 0 Å². The van der Waals surface area contributed by atoms with Gasteiger partial charge in [0.15, 0.2) is 10.9 Å². The van der Waals surface area contributed by atoms with Crippen LogP contribution in [0.1, 0.15) is 41.6 Å². The van der Waals surface area contributed by atoms with Gasteiger partial charge in [-0.3, -0.25) is 10.1 Å². The van der Waals surface area contributed by atoms with Crippen LogP contribution in [0.25, 0.3) is 11.5 Å². The Hall–Kier alpha value is -2.93. The minimum atomic E-state index is -0.634. The van der Waals surface area contributed by atoms with E-state index in [0.29, 0.717) is 21.9 Å². The highest BCUT2D eigenvalue weighted by atomic mass is 32.1. The Morgan fingerprint density at radius 2 is 1.89 bits per heavy atom. The zero-order chi connectivity index (χ0) is 19.6. The SMILES string of the molecule is Cc1ccccc1C(=O)c1sc(NC(=O)OC(C)(C)C)nc1-c1ccco1. The Morgan fingerprint density at radius 3 is 2.52 bits per heavy atom. The van der Waals surface area contributed by atoms with Crippen molar-refractivity contribution >= 4 is 28.3 Å². The van der Waals surface area contributed by atoms with Gasteiger partial charge in [0, 0.05) is 5.56 Å². The molecule has 3 aromatic rings. The molecule has 0 aliphatic heterocycles. The van der Waals surface area contributed by atoms with Gasteiger partial charge in [0.1, 0.15) is 16.2 Å². The predicted molar refractivity (Wildman–Crippen MR) is 104 cm³/mol. The fraction of sp³-hybridized carbons (Fsp3) is 0.250. The monoisotopic (exact) mass is 384 g/mol. The molecule has 2 aromatic heterocycles. The van der Waals surface area contributed by atoms with Gasteiger partial charge in [-0.05, 0) is 45.4 Å². The molecule has 1 aromatic carbocycles. The lowest BCUT2D eigenvalue weighted by Crippen LogP contribution is -2.27. The van der Waals surface area contributed by atoms with Crippen molar-refractivity contribution in [2.75, 3.05) is 5.32 Å². The number of aryl methyl sites for hydroxylation is 1. The number of carbonyl (C=O) groups excluding carboxylic acids is 2. The summed E-state index contributed by atoms with van der Waals surface area (Å²) in [5.41, 5.74) is 1.20. The number of aromatic nitrogens is 1. The first-order valence-corrected chi connectivity index (χ1v) is 9.21. The van der Waals surface area contributed by atoms with E-state index in [4.69, 9.17) is 9.15 Å². The topological polar surface area (TPSA) is 81.4 Å². The fourth-order valence-corrected chi connectivity index (χ4v) is 3.36. The van der Waals surface area contributed by atoms with E-state index in [1.165, 1.54) is 6.26 Å². The molecule has 0 fully saturated rings. The molecule has 2 heterocycles. The number of thiazole rings is 1. The maximum Gasteiger partial charge on any atom is 0.413 e. The van der Waals surface area contributed by atoms with E-state index in [-0.39, 0.29) is 10.9 Å².